The van der Waals surface area contributed by atoms with Gasteiger partial charge in [0.1, 0.15) is 0 Å². The Morgan fingerprint density at radius 3 is 2.67 bits per heavy atom. The van der Waals surface area contributed by atoms with Crippen LogP contribution >= 0.6 is 0 Å². The van der Waals surface area contributed by atoms with E-state index in [1.54, 1.807) is 12.4 Å². The van der Waals surface area contributed by atoms with Crippen LogP contribution in [0.3, 0.4) is 0 Å². The van der Waals surface area contributed by atoms with Gasteiger partial charge in [-0.3, -0.25) is 19.6 Å². The molecule has 2 aliphatic heterocycles. The minimum atomic E-state index is 0.0584. The van der Waals surface area contributed by atoms with Crippen LogP contribution in [0.5, 0.6) is 11.5 Å². The van der Waals surface area contributed by atoms with E-state index in [2.05, 4.69) is 32.2 Å². The molecule has 0 bridgehead atoms. The predicted molar refractivity (Wildman–Crippen MR) is 100 cm³/mol. The number of pyridine rings is 1. The molecule has 2 aromatic rings. The number of ether oxygens (including phenoxy) is 2. The van der Waals surface area contributed by atoms with Gasteiger partial charge in [0.25, 0.3) is 0 Å². The van der Waals surface area contributed by atoms with E-state index in [9.17, 15) is 4.79 Å². The maximum absolute atomic E-state index is 12.2. The first kappa shape index (κ1) is 17.8. The molecule has 0 atom stereocenters. The van der Waals surface area contributed by atoms with Gasteiger partial charge in [-0.2, -0.15) is 0 Å². The van der Waals surface area contributed by atoms with Crippen LogP contribution in [0.2, 0.25) is 0 Å². The minimum Gasteiger partial charge on any atom is -0.454 e. The van der Waals surface area contributed by atoms with Crippen molar-refractivity contribution in [2.75, 3.05) is 39.5 Å². The number of hydrogen-bond acceptors (Lipinski definition) is 6. The van der Waals surface area contributed by atoms with Gasteiger partial charge in [0.15, 0.2) is 11.5 Å². The largest absolute Gasteiger partial charge is 0.454 e. The fourth-order valence-corrected chi connectivity index (χ4v) is 3.37. The second-order valence-corrected chi connectivity index (χ2v) is 6.88. The molecule has 4 rings (SSSR count). The molecule has 1 saturated heterocycles. The highest BCUT2D eigenvalue weighted by Gasteiger charge is 2.20. The predicted octanol–water partition coefficient (Wildman–Crippen LogP) is 1.24. The first-order chi connectivity index (χ1) is 13.3. The second-order valence-electron chi connectivity index (χ2n) is 6.88. The number of piperazine rings is 1. The van der Waals surface area contributed by atoms with Gasteiger partial charge in [-0.15, -0.1) is 0 Å². The SMILES string of the molecule is O=C(CN1CCN(Cc2ccc3c(c2)OCO3)CC1)NCc1cccnc1. The molecular formula is C20H24N4O3. The number of aromatic nitrogens is 1. The summed E-state index contributed by atoms with van der Waals surface area (Å²) < 4.78 is 10.8. The second kappa shape index (κ2) is 8.37. The Hall–Kier alpha value is -2.64. The van der Waals surface area contributed by atoms with Crippen molar-refractivity contribution >= 4 is 5.91 Å². The Bertz CT molecular complexity index is 776. The zero-order valence-corrected chi connectivity index (χ0v) is 15.3. The molecule has 1 N–H and O–H groups in total. The van der Waals surface area contributed by atoms with E-state index < -0.39 is 0 Å². The van der Waals surface area contributed by atoms with Crippen LogP contribution in [-0.4, -0.2) is 60.2 Å². The minimum absolute atomic E-state index is 0.0584. The first-order valence-corrected chi connectivity index (χ1v) is 9.25. The molecule has 1 amide bonds. The molecule has 1 aromatic carbocycles. The third-order valence-electron chi connectivity index (χ3n) is 4.89. The first-order valence-electron chi connectivity index (χ1n) is 9.25. The summed E-state index contributed by atoms with van der Waals surface area (Å²) in [6.45, 7) is 5.84. The molecule has 0 aliphatic carbocycles. The zero-order chi connectivity index (χ0) is 18.5. The van der Waals surface area contributed by atoms with E-state index in [0.717, 1.165) is 49.8 Å². The summed E-state index contributed by atoms with van der Waals surface area (Å²) in [6, 6.07) is 9.95. The van der Waals surface area contributed by atoms with Crippen LogP contribution in [0.25, 0.3) is 0 Å². The van der Waals surface area contributed by atoms with Crippen molar-refractivity contribution in [3.05, 3.63) is 53.9 Å². The smallest absolute Gasteiger partial charge is 0.234 e. The summed E-state index contributed by atoms with van der Waals surface area (Å²) in [6.07, 6.45) is 3.50. The van der Waals surface area contributed by atoms with Gasteiger partial charge >= 0.3 is 0 Å². The van der Waals surface area contributed by atoms with Gasteiger partial charge in [0.2, 0.25) is 12.7 Å². The van der Waals surface area contributed by atoms with Gasteiger partial charge in [-0.1, -0.05) is 12.1 Å². The molecule has 1 fully saturated rings. The molecule has 3 heterocycles. The number of hydrogen-bond donors (Lipinski definition) is 1. The maximum Gasteiger partial charge on any atom is 0.234 e. The van der Waals surface area contributed by atoms with Crippen LogP contribution in [0.1, 0.15) is 11.1 Å². The van der Waals surface area contributed by atoms with E-state index in [1.165, 1.54) is 5.56 Å². The Balaban J connectivity index is 1.19. The summed E-state index contributed by atoms with van der Waals surface area (Å²) in [5.41, 5.74) is 2.24. The number of carbonyl (C=O) groups is 1. The van der Waals surface area contributed by atoms with E-state index >= 15 is 0 Å². The van der Waals surface area contributed by atoms with Crippen LogP contribution in [0.15, 0.2) is 42.7 Å². The Morgan fingerprint density at radius 1 is 1.04 bits per heavy atom. The van der Waals surface area contributed by atoms with Crippen LogP contribution in [0.4, 0.5) is 0 Å². The molecule has 0 radical (unpaired) electrons. The molecule has 0 spiro atoms. The molecule has 0 saturated carbocycles. The van der Waals surface area contributed by atoms with Crippen molar-refractivity contribution in [1.29, 1.82) is 0 Å². The highest BCUT2D eigenvalue weighted by molar-refractivity contribution is 5.78. The molecule has 2 aliphatic rings. The van der Waals surface area contributed by atoms with Gasteiger partial charge in [-0.25, -0.2) is 0 Å². The molecule has 27 heavy (non-hydrogen) atoms. The quantitative estimate of drug-likeness (QED) is 0.828. The Morgan fingerprint density at radius 2 is 1.85 bits per heavy atom. The number of amides is 1. The lowest BCUT2D eigenvalue weighted by Gasteiger charge is -2.34. The number of nitrogens with zero attached hydrogens (tertiary/aromatic N) is 3. The van der Waals surface area contributed by atoms with Crippen molar-refractivity contribution < 1.29 is 14.3 Å². The fraction of sp³-hybridized carbons (Fsp3) is 0.400. The highest BCUT2D eigenvalue weighted by Crippen LogP contribution is 2.32. The lowest BCUT2D eigenvalue weighted by Crippen LogP contribution is -2.49. The lowest BCUT2D eigenvalue weighted by atomic mass is 10.1. The van der Waals surface area contributed by atoms with Gasteiger partial charge in [-0.05, 0) is 29.3 Å². The van der Waals surface area contributed by atoms with Crippen molar-refractivity contribution in [2.24, 2.45) is 0 Å². The number of benzene rings is 1. The zero-order valence-electron chi connectivity index (χ0n) is 15.3. The third kappa shape index (κ3) is 4.75. The van der Waals surface area contributed by atoms with Crippen molar-refractivity contribution in [1.82, 2.24) is 20.1 Å². The van der Waals surface area contributed by atoms with Crippen molar-refractivity contribution in [2.45, 2.75) is 13.1 Å². The maximum atomic E-state index is 12.2. The number of fused-ring (bicyclic) bond motifs is 1. The third-order valence-corrected chi connectivity index (χ3v) is 4.89. The molecule has 142 valence electrons. The normalized spacial score (nSPS) is 17.0. The molecule has 7 nitrogen and oxygen atoms in total. The molecule has 7 heteroatoms. The van der Waals surface area contributed by atoms with E-state index in [0.29, 0.717) is 19.9 Å². The van der Waals surface area contributed by atoms with E-state index in [4.69, 9.17) is 9.47 Å². The molecule has 1 aromatic heterocycles. The Kier molecular flexibility index (Phi) is 5.50. The standard InChI is InChI=1S/C20H24N4O3/c25-20(22-12-17-2-1-5-21-11-17)14-24-8-6-23(7-9-24)13-16-3-4-18-19(10-16)27-15-26-18/h1-5,10-11H,6-9,12-15H2,(H,22,25). The monoisotopic (exact) mass is 368 g/mol. The summed E-state index contributed by atoms with van der Waals surface area (Å²) in [5, 5.41) is 2.96. The Labute approximate surface area is 158 Å². The van der Waals surface area contributed by atoms with Crippen LogP contribution in [0, 0.1) is 0 Å². The summed E-state index contributed by atoms with van der Waals surface area (Å²) in [7, 11) is 0. The summed E-state index contributed by atoms with van der Waals surface area (Å²) in [5.74, 6) is 1.71. The van der Waals surface area contributed by atoms with Crippen molar-refractivity contribution in [3.63, 3.8) is 0 Å². The van der Waals surface area contributed by atoms with E-state index in [-0.39, 0.29) is 5.91 Å². The van der Waals surface area contributed by atoms with Gasteiger partial charge < -0.3 is 14.8 Å². The van der Waals surface area contributed by atoms with Crippen LogP contribution < -0.4 is 14.8 Å². The number of nitrogens with one attached hydrogen (secondary N) is 1. The van der Waals surface area contributed by atoms with Crippen LogP contribution in [-0.2, 0) is 17.9 Å². The van der Waals surface area contributed by atoms with E-state index in [1.807, 2.05) is 18.2 Å². The highest BCUT2D eigenvalue weighted by atomic mass is 16.7. The lowest BCUT2D eigenvalue weighted by molar-refractivity contribution is -0.122. The number of rotatable bonds is 6. The fourth-order valence-electron chi connectivity index (χ4n) is 3.37. The molecular weight excluding hydrogens is 344 g/mol. The summed E-state index contributed by atoms with van der Waals surface area (Å²) in [4.78, 5) is 20.8. The van der Waals surface area contributed by atoms with Crippen molar-refractivity contribution in [3.8, 4) is 11.5 Å². The van der Waals surface area contributed by atoms with Gasteiger partial charge in [0.05, 0.1) is 6.54 Å². The average Bonchev–Trinajstić information content (AvgIpc) is 3.17. The average molecular weight is 368 g/mol. The number of carbonyl (C=O) groups excluding carboxylic acids is 1. The van der Waals surface area contributed by atoms with Gasteiger partial charge in [0, 0.05) is 51.7 Å². The molecule has 0 unspecified atom stereocenters. The summed E-state index contributed by atoms with van der Waals surface area (Å²) >= 11 is 0. The topological polar surface area (TPSA) is 66.9 Å².